The molecule has 0 aliphatic carbocycles. The number of fused-ring (bicyclic) bond motifs is 1. The summed E-state index contributed by atoms with van der Waals surface area (Å²) in [5.41, 5.74) is 1.17. The van der Waals surface area contributed by atoms with E-state index in [9.17, 15) is 4.79 Å². The van der Waals surface area contributed by atoms with E-state index in [0.717, 1.165) is 11.0 Å². The van der Waals surface area contributed by atoms with Crippen molar-refractivity contribution in [1.82, 2.24) is 5.32 Å². The van der Waals surface area contributed by atoms with Crippen molar-refractivity contribution in [2.45, 2.75) is 13.8 Å². The number of carbonyl (C=O) groups excluding carboxylic acids is 1. The fourth-order valence-electron chi connectivity index (χ4n) is 1.62. The van der Waals surface area contributed by atoms with Crippen LogP contribution in [-0.2, 0) is 0 Å². The summed E-state index contributed by atoms with van der Waals surface area (Å²) in [5, 5.41) is 3.72. The summed E-state index contributed by atoms with van der Waals surface area (Å²) >= 11 is 5.83. The first-order chi connectivity index (χ1) is 8.53. The van der Waals surface area contributed by atoms with E-state index in [4.69, 9.17) is 16.0 Å². The molecular formula is C14H16ClNO2. The van der Waals surface area contributed by atoms with E-state index in [2.05, 4.69) is 5.32 Å². The van der Waals surface area contributed by atoms with Gasteiger partial charge >= 0.3 is 0 Å². The highest BCUT2D eigenvalue weighted by atomic mass is 35.5. The molecule has 0 fully saturated rings. The number of rotatable bonds is 4. The molecule has 0 saturated heterocycles. The number of hydrogen-bond donors (Lipinski definition) is 1. The van der Waals surface area contributed by atoms with Crippen molar-refractivity contribution in [2.24, 2.45) is 5.41 Å². The van der Waals surface area contributed by atoms with Crippen LogP contribution in [0.5, 0.6) is 0 Å². The number of amides is 1. The summed E-state index contributed by atoms with van der Waals surface area (Å²) in [5.74, 6) is 0.373. The largest absolute Gasteiger partial charge is 0.463 e. The maximum atomic E-state index is 12.1. The molecule has 0 atom stereocenters. The molecule has 1 aromatic carbocycles. The fourth-order valence-corrected chi connectivity index (χ4v) is 1.71. The minimum absolute atomic E-state index is 0.114. The monoisotopic (exact) mass is 265 g/mol. The zero-order valence-corrected chi connectivity index (χ0v) is 11.3. The van der Waals surface area contributed by atoms with E-state index < -0.39 is 0 Å². The van der Waals surface area contributed by atoms with Crippen LogP contribution >= 0.6 is 11.6 Å². The van der Waals surface area contributed by atoms with Crippen LogP contribution in [0.3, 0.4) is 0 Å². The van der Waals surface area contributed by atoms with Crippen molar-refractivity contribution in [3.63, 3.8) is 0 Å². The molecule has 2 rings (SSSR count). The van der Waals surface area contributed by atoms with Gasteiger partial charge in [0.05, 0.1) is 5.56 Å². The molecule has 96 valence electrons. The van der Waals surface area contributed by atoms with E-state index in [-0.39, 0.29) is 11.3 Å². The Morgan fingerprint density at radius 3 is 2.83 bits per heavy atom. The van der Waals surface area contributed by atoms with Crippen molar-refractivity contribution in [2.75, 3.05) is 12.4 Å². The highest BCUT2D eigenvalue weighted by Crippen LogP contribution is 2.21. The van der Waals surface area contributed by atoms with Crippen LogP contribution in [0.1, 0.15) is 24.2 Å². The summed E-state index contributed by atoms with van der Waals surface area (Å²) in [4.78, 5) is 12.1. The quantitative estimate of drug-likeness (QED) is 0.861. The molecule has 1 heterocycles. The Hall–Kier alpha value is -1.48. The Labute approximate surface area is 111 Å². The molecule has 1 aromatic heterocycles. The number of furan rings is 1. The Kier molecular flexibility index (Phi) is 3.62. The number of benzene rings is 1. The molecule has 1 N–H and O–H groups in total. The van der Waals surface area contributed by atoms with Crippen LogP contribution in [0.4, 0.5) is 0 Å². The molecular weight excluding hydrogens is 250 g/mol. The van der Waals surface area contributed by atoms with Crippen LogP contribution in [-0.4, -0.2) is 18.3 Å². The third-order valence-electron chi connectivity index (χ3n) is 2.81. The SMILES string of the molecule is CC(C)(CCl)CNC(=O)c1coc2ccccc12. The average Bonchev–Trinajstić information content (AvgIpc) is 2.80. The van der Waals surface area contributed by atoms with Gasteiger partial charge in [-0.2, -0.15) is 0 Å². The Balaban J connectivity index is 2.14. The predicted octanol–water partition coefficient (Wildman–Crippen LogP) is 3.43. The van der Waals surface area contributed by atoms with Crippen LogP contribution < -0.4 is 5.32 Å². The first kappa shape index (κ1) is 13.0. The third kappa shape index (κ3) is 2.67. The number of halogens is 1. The molecule has 0 radical (unpaired) electrons. The fraction of sp³-hybridized carbons (Fsp3) is 0.357. The molecule has 2 aromatic rings. The van der Waals surface area contributed by atoms with Gasteiger partial charge in [0, 0.05) is 17.8 Å². The van der Waals surface area contributed by atoms with Gasteiger partial charge in [-0.25, -0.2) is 0 Å². The molecule has 0 aliphatic heterocycles. The molecule has 0 unspecified atom stereocenters. The minimum Gasteiger partial charge on any atom is -0.463 e. The average molecular weight is 266 g/mol. The summed E-state index contributed by atoms with van der Waals surface area (Å²) in [6.07, 6.45) is 1.49. The second-order valence-electron chi connectivity index (χ2n) is 5.13. The lowest BCUT2D eigenvalue weighted by Gasteiger charge is -2.21. The third-order valence-corrected chi connectivity index (χ3v) is 3.54. The normalized spacial score (nSPS) is 11.7. The second-order valence-corrected chi connectivity index (χ2v) is 5.39. The highest BCUT2D eigenvalue weighted by Gasteiger charge is 2.19. The van der Waals surface area contributed by atoms with Crippen molar-refractivity contribution < 1.29 is 9.21 Å². The highest BCUT2D eigenvalue weighted by molar-refractivity contribution is 6.18. The lowest BCUT2D eigenvalue weighted by atomic mass is 9.96. The lowest BCUT2D eigenvalue weighted by molar-refractivity contribution is 0.0940. The molecule has 3 nitrogen and oxygen atoms in total. The van der Waals surface area contributed by atoms with Gasteiger partial charge < -0.3 is 9.73 Å². The smallest absolute Gasteiger partial charge is 0.255 e. The summed E-state index contributed by atoms with van der Waals surface area (Å²) in [6, 6.07) is 7.48. The number of carbonyl (C=O) groups is 1. The first-order valence-corrected chi connectivity index (χ1v) is 6.37. The zero-order chi connectivity index (χ0) is 13.2. The topological polar surface area (TPSA) is 42.2 Å². The molecule has 0 spiro atoms. The first-order valence-electron chi connectivity index (χ1n) is 5.84. The van der Waals surface area contributed by atoms with Crippen LogP contribution in [0, 0.1) is 5.41 Å². The van der Waals surface area contributed by atoms with Crippen molar-refractivity contribution >= 4 is 28.5 Å². The van der Waals surface area contributed by atoms with Crippen molar-refractivity contribution in [3.8, 4) is 0 Å². The summed E-state index contributed by atoms with van der Waals surface area (Å²) in [7, 11) is 0. The standard InChI is InChI=1S/C14H16ClNO2/c1-14(2,8-15)9-16-13(17)11-7-18-12-6-4-3-5-10(11)12/h3-7H,8-9H2,1-2H3,(H,16,17). The van der Waals surface area contributed by atoms with Crippen LogP contribution in [0.2, 0.25) is 0 Å². The van der Waals surface area contributed by atoms with Gasteiger partial charge in [0.1, 0.15) is 11.8 Å². The second kappa shape index (κ2) is 5.02. The molecule has 0 bridgehead atoms. The van der Waals surface area contributed by atoms with Gasteiger partial charge in [-0.1, -0.05) is 32.0 Å². The Morgan fingerprint density at radius 1 is 1.39 bits per heavy atom. The van der Waals surface area contributed by atoms with Gasteiger partial charge in [-0.05, 0) is 11.5 Å². The van der Waals surface area contributed by atoms with Gasteiger partial charge in [0.2, 0.25) is 0 Å². The van der Waals surface area contributed by atoms with Crippen molar-refractivity contribution in [1.29, 1.82) is 0 Å². The zero-order valence-electron chi connectivity index (χ0n) is 10.5. The molecule has 1 amide bonds. The summed E-state index contributed by atoms with van der Waals surface area (Å²) in [6.45, 7) is 4.55. The van der Waals surface area contributed by atoms with E-state index in [1.165, 1.54) is 6.26 Å². The van der Waals surface area contributed by atoms with Gasteiger partial charge in [-0.15, -0.1) is 11.6 Å². The molecule has 18 heavy (non-hydrogen) atoms. The van der Waals surface area contributed by atoms with Crippen molar-refractivity contribution in [3.05, 3.63) is 36.1 Å². The van der Waals surface area contributed by atoms with E-state index in [1.54, 1.807) is 0 Å². The Bertz CT molecular complexity index is 560. The summed E-state index contributed by atoms with van der Waals surface area (Å²) < 4.78 is 5.34. The lowest BCUT2D eigenvalue weighted by Crippen LogP contribution is -2.34. The van der Waals surface area contributed by atoms with E-state index >= 15 is 0 Å². The minimum atomic E-state index is -0.127. The van der Waals surface area contributed by atoms with E-state index in [1.807, 2.05) is 38.1 Å². The molecule has 0 saturated carbocycles. The number of alkyl halides is 1. The number of hydrogen-bond acceptors (Lipinski definition) is 2. The number of nitrogens with one attached hydrogen (secondary N) is 1. The number of para-hydroxylation sites is 1. The molecule has 4 heteroatoms. The Morgan fingerprint density at radius 2 is 2.11 bits per heavy atom. The van der Waals surface area contributed by atoms with E-state index in [0.29, 0.717) is 18.0 Å². The van der Waals surface area contributed by atoms with Gasteiger partial charge in [-0.3, -0.25) is 4.79 Å². The maximum absolute atomic E-state index is 12.1. The van der Waals surface area contributed by atoms with Crippen LogP contribution in [0.15, 0.2) is 34.9 Å². The maximum Gasteiger partial charge on any atom is 0.255 e. The van der Waals surface area contributed by atoms with Gasteiger partial charge in [0.25, 0.3) is 5.91 Å². The predicted molar refractivity (Wildman–Crippen MR) is 73.0 cm³/mol. The van der Waals surface area contributed by atoms with Gasteiger partial charge in [0.15, 0.2) is 0 Å². The van der Waals surface area contributed by atoms with Crippen LogP contribution in [0.25, 0.3) is 11.0 Å². The molecule has 0 aliphatic rings.